The summed E-state index contributed by atoms with van der Waals surface area (Å²) in [5, 5.41) is 10.9. The van der Waals surface area contributed by atoms with E-state index >= 15 is 0 Å². The number of hydrogen-bond acceptors (Lipinski definition) is 5. The number of unbranched alkanes of at least 4 members (excludes halogenated alkanes) is 1. The molecule has 0 radical (unpaired) electrons. The highest BCUT2D eigenvalue weighted by Crippen LogP contribution is 2.11. The summed E-state index contributed by atoms with van der Waals surface area (Å²) in [6.07, 6.45) is 5.60. The lowest BCUT2D eigenvalue weighted by Crippen LogP contribution is -2.48. The van der Waals surface area contributed by atoms with Gasteiger partial charge in [-0.2, -0.15) is 4.98 Å². The minimum Gasteiger partial charge on any atom is -0.357 e. The number of piperidine rings is 1. The van der Waals surface area contributed by atoms with Gasteiger partial charge in [0.05, 0.1) is 6.54 Å². The predicted molar refractivity (Wildman–Crippen MR) is 106 cm³/mol. The van der Waals surface area contributed by atoms with Gasteiger partial charge in [-0.3, -0.25) is 4.99 Å². The summed E-state index contributed by atoms with van der Waals surface area (Å²) in [4.78, 5) is 11.7. The summed E-state index contributed by atoms with van der Waals surface area (Å²) in [6, 6.07) is 0.502. The fraction of sp³-hybridized carbons (Fsp3) is 0.842. The number of rotatable bonds is 9. The quantitative estimate of drug-likeness (QED) is 0.518. The second kappa shape index (κ2) is 11.2. The average molecular weight is 365 g/mol. The van der Waals surface area contributed by atoms with E-state index in [0.717, 1.165) is 18.3 Å². The number of aromatic nitrogens is 2. The molecule has 7 nitrogen and oxygen atoms in total. The van der Waals surface area contributed by atoms with Gasteiger partial charge >= 0.3 is 0 Å². The van der Waals surface area contributed by atoms with E-state index in [1.165, 1.54) is 45.3 Å². The van der Waals surface area contributed by atoms with Crippen LogP contribution in [0.4, 0.5) is 0 Å². The fourth-order valence-corrected chi connectivity index (χ4v) is 3.06. The van der Waals surface area contributed by atoms with Gasteiger partial charge in [-0.05, 0) is 32.7 Å². The highest BCUT2D eigenvalue weighted by Gasteiger charge is 2.19. The maximum Gasteiger partial charge on any atom is 0.228 e. The van der Waals surface area contributed by atoms with Crippen LogP contribution in [0.15, 0.2) is 9.52 Å². The molecule has 0 amide bonds. The Bertz CT molecular complexity index is 534. The third kappa shape index (κ3) is 6.94. The van der Waals surface area contributed by atoms with Crippen LogP contribution in [0.25, 0.3) is 0 Å². The van der Waals surface area contributed by atoms with Crippen molar-refractivity contribution in [2.45, 2.75) is 71.8 Å². The van der Waals surface area contributed by atoms with Crippen LogP contribution in [0.1, 0.15) is 71.0 Å². The molecule has 1 saturated heterocycles. The molecular formula is C19H36N6O. The van der Waals surface area contributed by atoms with Crippen molar-refractivity contribution < 1.29 is 4.52 Å². The van der Waals surface area contributed by atoms with Gasteiger partial charge < -0.3 is 20.1 Å². The van der Waals surface area contributed by atoms with E-state index in [-0.39, 0.29) is 5.92 Å². The van der Waals surface area contributed by atoms with Crippen LogP contribution in [-0.2, 0) is 6.42 Å². The van der Waals surface area contributed by atoms with Gasteiger partial charge in [0, 0.05) is 38.0 Å². The van der Waals surface area contributed by atoms with E-state index in [9.17, 15) is 0 Å². The largest absolute Gasteiger partial charge is 0.357 e. The van der Waals surface area contributed by atoms with Crippen LogP contribution >= 0.6 is 0 Å². The Morgan fingerprint density at radius 2 is 2.08 bits per heavy atom. The summed E-state index contributed by atoms with van der Waals surface area (Å²) in [5.74, 6) is 2.61. The van der Waals surface area contributed by atoms with Gasteiger partial charge in [0.2, 0.25) is 5.89 Å². The molecule has 2 rings (SSSR count). The Balaban J connectivity index is 1.77. The van der Waals surface area contributed by atoms with Crippen molar-refractivity contribution in [3.05, 3.63) is 11.7 Å². The first-order valence-electron chi connectivity index (χ1n) is 10.2. The number of nitrogens with one attached hydrogen (secondary N) is 2. The molecule has 1 fully saturated rings. The van der Waals surface area contributed by atoms with Gasteiger partial charge in [-0.25, -0.2) is 0 Å². The van der Waals surface area contributed by atoms with Crippen LogP contribution in [0, 0.1) is 0 Å². The molecule has 2 heterocycles. The minimum absolute atomic E-state index is 0.290. The molecule has 1 aromatic rings. The van der Waals surface area contributed by atoms with E-state index in [4.69, 9.17) is 4.52 Å². The molecule has 2 N–H and O–H groups in total. The van der Waals surface area contributed by atoms with Crippen LogP contribution in [0.3, 0.4) is 0 Å². The van der Waals surface area contributed by atoms with Crippen LogP contribution in [-0.4, -0.2) is 59.8 Å². The third-order valence-corrected chi connectivity index (χ3v) is 4.70. The van der Waals surface area contributed by atoms with Crippen molar-refractivity contribution in [3.8, 4) is 0 Å². The van der Waals surface area contributed by atoms with Gasteiger partial charge in [0.25, 0.3) is 0 Å². The molecule has 0 bridgehead atoms. The molecule has 0 aliphatic carbocycles. The number of likely N-dealkylation sites (tertiary alicyclic amines) is 1. The smallest absolute Gasteiger partial charge is 0.228 e. The Morgan fingerprint density at radius 1 is 1.31 bits per heavy atom. The summed E-state index contributed by atoms with van der Waals surface area (Å²) in [6.45, 7) is 13.6. The lowest BCUT2D eigenvalue weighted by atomic mass is 10.0. The summed E-state index contributed by atoms with van der Waals surface area (Å²) < 4.78 is 5.28. The molecule has 148 valence electrons. The Hall–Kier alpha value is -1.63. The summed E-state index contributed by atoms with van der Waals surface area (Å²) in [7, 11) is 0. The monoisotopic (exact) mass is 364 g/mol. The molecule has 0 aromatic carbocycles. The standard InChI is InChI=1S/C19H36N6O/c1-5-7-12-25-13-9-16(10-14-25)22-19(20-6-2)21-11-8-17-23-18(15(3)4)24-26-17/h15-16H,5-14H2,1-4H3,(H2,20,21,22). The van der Waals surface area contributed by atoms with Crippen molar-refractivity contribution in [2.75, 3.05) is 32.7 Å². The van der Waals surface area contributed by atoms with Crippen molar-refractivity contribution in [1.82, 2.24) is 25.7 Å². The third-order valence-electron chi connectivity index (χ3n) is 4.70. The molecule has 1 aliphatic heterocycles. The van der Waals surface area contributed by atoms with Crippen LogP contribution < -0.4 is 10.6 Å². The number of nitrogens with zero attached hydrogens (tertiary/aromatic N) is 4. The van der Waals surface area contributed by atoms with E-state index in [2.05, 4.69) is 58.4 Å². The van der Waals surface area contributed by atoms with Crippen LogP contribution in [0.2, 0.25) is 0 Å². The second-order valence-corrected chi connectivity index (χ2v) is 7.33. The average Bonchev–Trinajstić information content (AvgIpc) is 3.10. The first kappa shape index (κ1) is 20.7. The van der Waals surface area contributed by atoms with Crippen molar-refractivity contribution >= 4 is 5.96 Å². The summed E-state index contributed by atoms with van der Waals surface area (Å²) >= 11 is 0. The zero-order valence-corrected chi connectivity index (χ0v) is 16.9. The predicted octanol–water partition coefficient (Wildman–Crippen LogP) is 2.56. The highest BCUT2D eigenvalue weighted by molar-refractivity contribution is 5.80. The Morgan fingerprint density at radius 3 is 2.69 bits per heavy atom. The van der Waals surface area contributed by atoms with Crippen molar-refractivity contribution in [2.24, 2.45) is 4.99 Å². The normalized spacial score (nSPS) is 17.0. The number of hydrogen-bond donors (Lipinski definition) is 2. The zero-order valence-electron chi connectivity index (χ0n) is 16.9. The molecule has 0 atom stereocenters. The highest BCUT2D eigenvalue weighted by atomic mass is 16.5. The minimum atomic E-state index is 0.290. The van der Waals surface area contributed by atoms with Crippen molar-refractivity contribution in [3.63, 3.8) is 0 Å². The van der Waals surface area contributed by atoms with Crippen LogP contribution in [0.5, 0.6) is 0 Å². The van der Waals surface area contributed by atoms with E-state index in [1.807, 2.05) is 0 Å². The fourth-order valence-electron chi connectivity index (χ4n) is 3.06. The summed E-state index contributed by atoms with van der Waals surface area (Å²) in [5.41, 5.74) is 0. The molecule has 1 aliphatic rings. The zero-order chi connectivity index (χ0) is 18.8. The maximum absolute atomic E-state index is 5.28. The SMILES string of the molecule is CCCCN1CCC(NC(=NCCc2nc(C(C)C)no2)NCC)CC1. The molecule has 1 aromatic heterocycles. The molecule has 26 heavy (non-hydrogen) atoms. The van der Waals surface area contributed by atoms with Gasteiger partial charge in [0.15, 0.2) is 11.8 Å². The first-order chi connectivity index (χ1) is 12.6. The van der Waals surface area contributed by atoms with Gasteiger partial charge in [-0.1, -0.05) is 32.3 Å². The number of guanidine groups is 1. The van der Waals surface area contributed by atoms with E-state index < -0.39 is 0 Å². The maximum atomic E-state index is 5.28. The molecule has 0 unspecified atom stereocenters. The van der Waals surface area contributed by atoms with Gasteiger partial charge in [0.1, 0.15) is 0 Å². The van der Waals surface area contributed by atoms with Gasteiger partial charge in [-0.15, -0.1) is 0 Å². The first-order valence-corrected chi connectivity index (χ1v) is 10.2. The topological polar surface area (TPSA) is 78.6 Å². The van der Waals surface area contributed by atoms with E-state index in [0.29, 0.717) is 24.9 Å². The molecule has 0 spiro atoms. The lowest BCUT2D eigenvalue weighted by molar-refractivity contribution is 0.203. The van der Waals surface area contributed by atoms with E-state index in [1.54, 1.807) is 0 Å². The second-order valence-electron chi connectivity index (χ2n) is 7.33. The molecular weight excluding hydrogens is 328 g/mol. The number of aliphatic imine (C=N–C) groups is 1. The lowest BCUT2D eigenvalue weighted by Gasteiger charge is -2.33. The van der Waals surface area contributed by atoms with Crippen molar-refractivity contribution in [1.29, 1.82) is 0 Å². The molecule has 7 heteroatoms. The molecule has 0 saturated carbocycles. The Kier molecular flexibility index (Phi) is 8.88. The Labute approximate surface area is 158 Å².